The molecule has 6 aromatic rings. The predicted octanol–water partition coefficient (Wildman–Crippen LogP) is 17.0. The van der Waals surface area contributed by atoms with Crippen molar-refractivity contribution >= 4 is 29.7 Å². The number of hydrogen-bond donors (Lipinski definition) is 5. The van der Waals surface area contributed by atoms with Gasteiger partial charge in [-0.05, 0) is 229 Å². The predicted molar refractivity (Wildman–Crippen MR) is 373 cm³/mol. The molecule has 14 nitrogen and oxygen atoms in total. The van der Waals surface area contributed by atoms with Crippen LogP contribution in [0.3, 0.4) is 0 Å². The van der Waals surface area contributed by atoms with Crippen molar-refractivity contribution in [3.63, 3.8) is 0 Å². The summed E-state index contributed by atoms with van der Waals surface area (Å²) < 4.78 is 23.2. The number of rotatable bonds is 34. The molecule has 94 heavy (non-hydrogen) atoms. The monoisotopic (exact) mass is 1290 g/mol. The lowest BCUT2D eigenvalue weighted by atomic mass is 9.92. The number of phenols is 5. The van der Waals surface area contributed by atoms with Gasteiger partial charge in [-0.2, -0.15) is 0 Å². The van der Waals surface area contributed by atoms with Crippen LogP contribution in [0.15, 0.2) is 84.9 Å². The summed E-state index contributed by atoms with van der Waals surface area (Å²) >= 11 is 0. The molecule has 0 spiro atoms. The highest BCUT2D eigenvalue weighted by Gasteiger charge is 2.38. The number of carbonyl (C=O) groups excluding carboxylic acids is 5. The number of phenolic OH excluding ortho intramolecular Hbond substituents is 5. The highest BCUT2D eigenvalue weighted by Crippen LogP contribution is 2.30. The minimum absolute atomic E-state index is 0.00852. The van der Waals surface area contributed by atoms with Gasteiger partial charge >= 0.3 is 23.9 Å². The second kappa shape index (κ2) is 40.2. The van der Waals surface area contributed by atoms with E-state index in [2.05, 4.69) is 13.8 Å². The zero-order valence-corrected chi connectivity index (χ0v) is 58.7. The number of benzene rings is 6. The van der Waals surface area contributed by atoms with E-state index in [4.69, 9.17) is 18.9 Å². The third kappa shape index (κ3) is 27.8. The molecule has 6 rings (SSSR count). The summed E-state index contributed by atoms with van der Waals surface area (Å²) in [6.07, 6.45) is 17.4. The van der Waals surface area contributed by atoms with E-state index in [9.17, 15) is 49.5 Å². The number of Topliss-reactive ketones (excluding diaryl/α,β-unsaturated/α-hetero) is 1. The van der Waals surface area contributed by atoms with Crippen molar-refractivity contribution in [2.24, 2.45) is 5.41 Å². The molecule has 6 aromatic carbocycles. The van der Waals surface area contributed by atoms with Crippen LogP contribution in [0, 0.1) is 81.6 Å². The zero-order valence-electron chi connectivity index (χ0n) is 58.7. The Morgan fingerprint density at radius 2 is 0.596 bits per heavy atom. The lowest BCUT2D eigenvalue weighted by molar-refractivity contribution is -0.170. The first-order valence-electron chi connectivity index (χ1n) is 33.7. The van der Waals surface area contributed by atoms with E-state index in [0.29, 0.717) is 77.0 Å². The van der Waals surface area contributed by atoms with Crippen molar-refractivity contribution in [2.75, 3.05) is 26.4 Å². The first kappa shape index (κ1) is 78.3. The molecule has 0 atom stereocenters. The fourth-order valence-electron chi connectivity index (χ4n) is 11.3. The molecule has 0 aliphatic carbocycles. The minimum atomic E-state index is -1.46. The molecule has 0 aliphatic rings. The number of hydrogen-bond acceptors (Lipinski definition) is 14. The standard InChI is InChI=1S/C50H62O11.C18H30O.C12H16O2/c1-30-18-39(19-31(2)38(30)9)10-14-43(51)58-26-50(27-59-44(52)15-11-40-20-32(3)47(55)33(4)21-40,28-60-45(53)16-12-41-22-34(5)48(56)35(6)23-41)29-61-46(54)17-13-42-24-36(7)49(57)37(8)25-42;1-2-3-4-5-6-7-8-9-10-11-14-17-15-12-13-16-18(17)19;1-8-6-11(5-4-10(3)13)7-9(2)12(8)14/h18-25,55-57H,10-17,26-29H2,1-9H3;12-13,15-16,19H,2-11,14H2,1H3;6-7,14H,4-5H2,1-3H3. The Kier molecular flexibility index (Phi) is 33.5. The Balaban J connectivity index is 0.000000459. The van der Waals surface area contributed by atoms with Crippen LogP contribution in [0.2, 0.25) is 0 Å². The molecule has 0 aromatic heterocycles. The van der Waals surface area contributed by atoms with E-state index >= 15 is 0 Å². The summed E-state index contributed by atoms with van der Waals surface area (Å²) in [7, 11) is 0. The van der Waals surface area contributed by atoms with Crippen LogP contribution in [0.1, 0.15) is 205 Å². The zero-order chi connectivity index (χ0) is 69.5. The van der Waals surface area contributed by atoms with Gasteiger partial charge < -0.3 is 49.3 Å². The number of ether oxygens (including phenoxy) is 4. The summed E-state index contributed by atoms with van der Waals surface area (Å²) in [5.41, 5.74) is 13.6. The van der Waals surface area contributed by atoms with Gasteiger partial charge in [-0.15, -0.1) is 0 Å². The summed E-state index contributed by atoms with van der Waals surface area (Å²) in [6, 6.07) is 26.5. The van der Waals surface area contributed by atoms with Gasteiger partial charge in [0, 0.05) is 32.1 Å². The van der Waals surface area contributed by atoms with Crippen LogP contribution in [0.4, 0.5) is 0 Å². The maximum Gasteiger partial charge on any atom is 0.306 e. The quantitative estimate of drug-likeness (QED) is 0.0144. The van der Waals surface area contributed by atoms with Gasteiger partial charge in [0.1, 0.15) is 66.4 Å². The third-order valence-corrected chi connectivity index (χ3v) is 17.4. The SMILES string of the molecule is CC(=O)CCc1cc(C)c(O)c(C)c1.CCCCCCCCCCCCc1ccccc1O.Cc1cc(CCC(=O)OCC(COC(=O)CCc2cc(C)c(O)c(C)c2)(COC(=O)CCc2cc(C)c(O)c(C)c2)COC(=O)CCc2cc(C)c(O)c(C)c2)cc(C)c1C. The minimum Gasteiger partial charge on any atom is -0.508 e. The van der Waals surface area contributed by atoms with Crippen LogP contribution < -0.4 is 0 Å². The number of unbranched alkanes of at least 4 members (excludes halogenated alkanes) is 9. The second-order valence-corrected chi connectivity index (χ2v) is 26.1. The summed E-state index contributed by atoms with van der Waals surface area (Å²) in [4.78, 5) is 64.0. The highest BCUT2D eigenvalue weighted by atomic mass is 16.6. The third-order valence-electron chi connectivity index (χ3n) is 17.4. The van der Waals surface area contributed by atoms with Gasteiger partial charge in [0.2, 0.25) is 0 Å². The number of esters is 4. The van der Waals surface area contributed by atoms with Gasteiger partial charge in [0.15, 0.2) is 0 Å². The molecule has 5 N–H and O–H groups in total. The molecular weight excluding hydrogens is 1180 g/mol. The first-order valence-corrected chi connectivity index (χ1v) is 33.7. The second-order valence-electron chi connectivity index (χ2n) is 26.1. The van der Waals surface area contributed by atoms with Crippen LogP contribution in [0.5, 0.6) is 28.7 Å². The number of para-hydroxylation sites is 1. The van der Waals surface area contributed by atoms with Gasteiger partial charge in [-0.3, -0.25) is 19.2 Å². The van der Waals surface area contributed by atoms with Crippen molar-refractivity contribution in [1.29, 1.82) is 0 Å². The smallest absolute Gasteiger partial charge is 0.306 e. The highest BCUT2D eigenvalue weighted by molar-refractivity contribution is 5.76. The molecule has 0 saturated carbocycles. The van der Waals surface area contributed by atoms with E-state index in [1.165, 1.54) is 69.8 Å². The summed E-state index contributed by atoms with van der Waals surface area (Å²) in [6.45, 7) is 22.8. The topological polar surface area (TPSA) is 223 Å². The van der Waals surface area contributed by atoms with Gasteiger partial charge in [0.05, 0.1) is 0 Å². The number of ketones is 1. The van der Waals surface area contributed by atoms with Crippen molar-refractivity contribution in [1.82, 2.24) is 0 Å². The number of carbonyl (C=O) groups is 5. The fraction of sp³-hybridized carbons (Fsp3) is 0.487. The fourth-order valence-corrected chi connectivity index (χ4v) is 11.3. The maximum atomic E-state index is 13.3. The molecule has 0 bridgehead atoms. The molecule has 0 amide bonds. The lowest BCUT2D eigenvalue weighted by Crippen LogP contribution is -2.44. The van der Waals surface area contributed by atoms with Crippen LogP contribution in [0.25, 0.3) is 0 Å². The Bertz CT molecular complexity index is 3010. The molecule has 14 heteroatoms. The molecule has 0 fully saturated rings. The Morgan fingerprint density at radius 3 is 0.872 bits per heavy atom. The maximum absolute atomic E-state index is 13.3. The van der Waals surface area contributed by atoms with E-state index in [1.807, 2.05) is 70.2 Å². The summed E-state index contributed by atoms with van der Waals surface area (Å²) in [5, 5.41) is 49.8. The van der Waals surface area contributed by atoms with E-state index in [-0.39, 0.29) is 55.3 Å². The largest absolute Gasteiger partial charge is 0.508 e. The van der Waals surface area contributed by atoms with Crippen LogP contribution in [-0.4, -0.2) is 81.6 Å². The molecule has 0 radical (unpaired) electrons. The van der Waals surface area contributed by atoms with Crippen molar-refractivity contribution in [3.05, 3.63) is 180 Å². The number of aromatic hydroxyl groups is 5. The number of aryl methyl sites for hydroxylation is 16. The Hall–Kier alpha value is -8.13. The van der Waals surface area contributed by atoms with E-state index in [0.717, 1.165) is 68.5 Å². The average Bonchev–Trinajstić information content (AvgIpc) is 1.04. The molecular formula is C80H108O14. The normalized spacial score (nSPS) is 11.0. The van der Waals surface area contributed by atoms with Crippen molar-refractivity contribution < 1.29 is 68.5 Å². The molecule has 0 aliphatic heterocycles. The summed E-state index contributed by atoms with van der Waals surface area (Å²) in [5.74, 6) is -0.642. The molecule has 0 unspecified atom stereocenters. The van der Waals surface area contributed by atoms with Crippen molar-refractivity contribution in [3.8, 4) is 28.7 Å². The molecule has 0 heterocycles. The van der Waals surface area contributed by atoms with Crippen molar-refractivity contribution in [2.45, 2.75) is 225 Å². The van der Waals surface area contributed by atoms with Crippen LogP contribution in [-0.2, 0) is 81.4 Å². The van der Waals surface area contributed by atoms with E-state index in [1.54, 1.807) is 90.9 Å². The van der Waals surface area contributed by atoms with Crippen LogP contribution >= 0.6 is 0 Å². The Morgan fingerprint density at radius 1 is 0.340 bits per heavy atom. The average molecular weight is 1290 g/mol. The Labute approximate surface area is 560 Å². The molecule has 0 saturated heterocycles. The van der Waals surface area contributed by atoms with E-state index < -0.39 is 49.1 Å². The lowest BCUT2D eigenvalue weighted by Gasteiger charge is -2.31. The van der Waals surface area contributed by atoms with Gasteiger partial charge in [-0.1, -0.05) is 144 Å². The first-order chi connectivity index (χ1) is 44.6. The van der Waals surface area contributed by atoms with Gasteiger partial charge in [-0.25, -0.2) is 0 Å². The van der Waals surface area contributed by atoms with Gasteiger partial charge in [0.25, 0.3) is 0 Å². The molecule has 512 valence electrons.